The molecule has 13 heavy (non-hydrogen) atoms. The number of halogens is 2. The lowest BCUT2D eigenvalue weighted by molar-refractivity contribution is -0.114. The van der Waals surface area contributed by atoms with E-state index < -0.39 is 11.9 Å². The van der Waals surface area contributed by atoms with Crippen LogP contribution < -0.4 is 0 Å². The summed E-state index contributed by atoms with van der Waals surface area (Å²) < 4.78 is 12.8. The van der Waals surface area contributed by atoms with Crippen LogP contribution in [0.1, 0.15) is 5.56 Å². The Kier molecular flexibility index (Phi) is 3.39. The van der Waals surface area contributed by atoms with Crippen molar-refractivity contribution in [3.05, 3.63) is 34.6 Å². The molecule has 0 heterocycles. The highest BCUT2D eigenvalue weighted by Gasteiger charge is 2.05. The van der Waals surface area contributed by atoms with Gasteiger partial charge in [-0.1, -0.05) is 17.7 Å². The van der Waals surface area contributed by atoms with E-state index in [4.69, 9.17) is 16.7 Å². The molecule has 1 N–H and O–H groups in total. The van der Waals surface area contributed by atoms with Crippen molar-refractivity contribution in [2.75, 3.05) is 0 Å². The van der Waals surface area contributed by atoms with E-state index in [-0.39, 0.29) is 11.4 Å². The van der Waals surface area contributed by atoms with Gasteiger partial charge in [0.05, 0.1) is 5.02 Å². The van der Waals surface area contributed by atoms with Gasteiger partial charge in [-0.25, -0.2) is 4.39 Å². The Hall–Kier alpha value is -0.930. The second-order valence-corrected chi connectivity index (χ2v) is 3.06. The molecular weight excluding hydrogens is 195 g/mol. The van der Waals surface area contributed by atoms with Gasteiger partial charge in [0.1, 0.15) is 18.2 Å². The molecule has 1 aromatic rings. The van der Waals surface area contributed by atoms with Crippen LogP contribution in [-0.4, -0.2) is 17.5 Å². The second kappa shape index (κ2) is 4.35. The van der Waals surface area contributed by atoms with Gasteiger partial charge in [0.15, 0.2) is 0 Å². The van der Waals surface area contributed by atoms with Crippen molar-refractivity contribution in [3.8, 4) is 0 Å². The molecule has 0 aromatic heterocycles. The van der Waals surface area contributed by atoms with Crippen LogP contribution in [0.25, 0.3) is 0 Å². The SMILES string of the molecule is O=CC(O)Cc1ccc(Cl)c(F)c1. The second-order valence-electron chi connectivity index (χ2n) is 2.66. The number of carbonyl (C=O) groups is 1. The molecule has 0 aliphatic rings. The van der Waals surface area contributed by atoms with Crippen LogP contribution in [0.2, 0.25) is 5.02 Å². The summed E-state index contributed by atoms with van der Waals surface area (Å²) in [6, 6.07) is 4.16. The highest BCUT2D eigenvalue weighted by molar-refractivity contribution is 6.30. The molecule has 0 radical (unpaired) electrons. The Morgan fingerprint density at radius 2 is 2.31 bits per heavy atom. The summed E-state index contributed by atoms with van der Waals surface area (Å²) in [5.74, 6) is -0.544. The van der Waals surface area contributed by atoms with Crippen LogP contribution in [0.5, 0.6) is 0 Å². The summed E-state index contributed by atoms with van der Waals surface area (Å²) in [6.45, 7) is 0. The largest absolute Gasteiger partial charge is 0.385 e. The molecule has 2 nitrogen and oxygen atoms in total. The lowest BCUT2D eigenvalue weighted by Gasteiger charge is -2.03. The Morgan fingerprint density at radius 3 is 2.85 bits per heavy atom. The van der Waals surface area contributed by atoms with Gasteiger partial charge in [0.25, 0.3) is 0 Å². The summed E-state index contributed by atoms with van der Waals surface area (Å²) in [7, 11) is 0. The van der Waals surface area contributed by atoms with E-state index in [1.165, 1.54) is 12.1 Å². The zero-order valence-electron chi connectivity index (χ0n) is 6.71. The molecule has 1 rings (SSSR count). The monoisotopic (exact) mass is 202 g/mol. The van der Waals surface area contributed by atoms with Crippen LogP contribution in [0, 0.1) is 5.82 Å². The Balaban J connectivity index is 2.79. The van der Waals surface area contributed by atoms with Crippen LogP contribution in [-0.2, 0) is 11.2 Å². The van der Waals surface area contributed by atoms with Crippen molar-refractivity contribution in [3.63, 3.8) is 0 Å². The molecular formula is C9H8ClFO2. The number of aldehydes is 1. The number of hydrogen-bond donors (Lipinski definition) is 1. The molecule has 0 aliphatic heterocycles. The molecule has 1 atom stereocenters. The molecule has 1 aromatic carbocycles. The van der Waals surface area contributed by atoms with Gasteiger partial charge in [-0.3, -0.25) is 0 Å². The van der Waals surface area contributed by atoms with Crippen molar-refractivity contribution in [2.45, 2.75) is 12.5 Å². The zero-order chi connectivity index (χ0) is 9.84. The van der Waals surface area contributed by atoms with E-state index in [9.17, 15) is 9.18 Å². The standard InChI is InChI=1S/C9H8ClFO2/c10-8-2-1-6(4-9(8)11)3-7(13)5-12/h1-2,4-5,7,13H,3H2. The fourth-order valence-corrected chi connectivity index (χ4v) is 1.07. The quantitative estimate of drug-likeness (QED) is 0.756. The van der Waals surface area contributed by atoms with Gasteiger partial charge in [0.2, 0.25) is 0 Å². The summed E-state index contributed by atoms with van der Waals surface area (Å²) in [6.07, 6.45) is -0.565. The maximum atomic E-state index is 12.8. The molecule has 0 saturated carbocycles. The van der Waals surface area contributed by atoms with Gasteiger partial charge in [-0.15, -0.1) is 0 Å². The third kappa shape index (κ3) is 2.79. The van der Waals surface area contributed by atoms with E-state index >= 15 is 0 Å². The molecule has 70 valence electrons. The molecule has 0 fully saturated rings. The minimum absolute atomic E-state index is 0.0318. The highest BCUT2D eigenvalue weighted by Crippen LogP contribution is 2.16. The normalized spacial score (nSPS) is 12.5. The predicted octanol–water partition coefficient (Wildman–Crippen LogP) is 1.58. The van der Waals surface area contributed by atoms with E-state index in [0.29, 0.717) is 11.8 Å². The summed E-state index contributed by atoms with van der Waals surface area (Å²) >= 11 is 5.44. The van der Waals surface area contributed by atoms with Crippen molar-refractivity contribution in [1.82, 2.24) is 0 Å². The summed E-state index contributed by atoms with van der Waals surface area (Å²) in [5, 5.41) is 8.98. The minimum atomic E-state index is -1.08. The van der Waals surface area contributed by atoms with Gasteiger partial charge < -0.3 is 9.90 Å². The fourth-order valence-electron chi connectivity index (χ4n) is 0.956. The van der Waals surface area contributed by atoms with E-state index in [0.717, 1.165) is 0 Å². The number of aliphatic hydroxyl groups excluding tert-OH is 1. The van der Waals surface area contributed by atoms with E-state index in [2.05, 4.69) is 0 Å². The third-order valence-electron chi connectivity index (χ3n) is 1.59. The number of rotatable bonds is 3. The smallest absolute Gasteiger partial charge is 0.148 e. The number of hydrogen-bond acceptors (Lipinski definition) is 2. The van der Waals surface area contributed by atoms with Crippen molar-refractivity contribution in [1.29, 1.82) is 0 Å². The highest BCUT2D eigenvalue weighted by atomic mass is 35.5. The number of benzene rings is 1. The molecule has 0 bridgehead atoms. The Morgan fingerprint density at radius 1 is 1.62 bits per heavy atom. The van der Waals surface area contributed by atoms with Gasteiger partial charge in [0, 0.05) is 6.42 Å². The van der Waals surface area contributed by atoms with Crippen molar-refractivity contribution >= 4 is 17.9 Å². The molecule has 4 heteroatoms. The molecule has 0 aliphatic carbocycles. The van der Waals surface area contributed by atoms with Crippen molar-refractivity contribution < 1.29 is 14.3 Å². The Bertz CT molecular complexity index is 314. The topological polar surface area (TPSA) is 37.3 Å². The lowest BCUT2D eigenvalue weighted by atomic mass is 10.1. The first kappa shape index (κ1) is 10.2. The first-order valence-electron chi connectivity index (χ1n) is 3.71. The predicted molar refractivity (Wildman–Crippen MR) is 47.2 cm³/mol. The minimum Gasteiger partial charge on any atom is -0.385 e. The van der Waals surface area contributed by atoms with E-state index in [1.807, 2.05) is 0 Å². The maximum Gasteiger partial charge on any atom is 0.148 e. The number of aliphatic hydroxyl groups is 1. The first-order chi connectivity index (χ1) is 6.13. The average Bonchev–Trinajstić information content (AvgIpc) is 2.11. The molecule has 0 spiro atoms. The third-order valence-corrected chi connectivity index (χ3v) is 1.89. The fraction of sp³-hybridized carbons (Fsp3) is 0.222. The molecule has 0 amide bonds. The van der Waals surface area contributed by atoms with Crippen LogP contribution in [0.3, 0.4) is 0 Å². The summed E-state index contributed by atoms with van der Waals surface area (Å²) in [5.41, 5.74) is 0.543. The van der Waals surface area contributed by atoms with Crippen LogP contribution >= 0.6 is 11.6 Å². The first-order valence-corrected chi connectivity index (χ1v) is 4.08. The lowest BCUT2D eigenvalue weighted by Crippen LogP contribution is -2.11. The maximum absolute atomic E-state index is 12.8. The summed E-state index contributed by atoms with van der Waals surface area (Å²) in [4.78, 5) is 10.1. The van der Waals surface area contributed by atoms with Gasteiger partial charge >= 0.3 is 0 Å². The van der Waals surface area contributed by atoms with Crippen molar-refractivity contribution in [2.24, 2.45) is 0 Å². The van der Waals surface area contributed by atoms with Crippen LogP contribution in [0.15, 0.2) is 18.2 Å². The van der Waals surface area contributed by atoms with Gasteiger partial charge in [-0.2, -0.15) is 0 Å². The van der Waals surface area contributed by atoms with E-state index in [1.54, 1.807) is 6.07 Å². The molecule has 1 unspecified atom stereocenters. The number of carbonyl (C=O) groups excluding carboxylic acids is 1. The zero-order valence-corrected chi connectivity index (χ0v) is 7.46. The molecule has 0 saturated heterocycles. The van der Waals surface area contributed by atoms with Crippen LogP contribution in [0.4, 0.5) is 4.39 Å². The Labute approximate surface area is 80.0 Å². The van der Waals surface area contributed by atoms with Gasteiger partial charge in [-0.05, 0) is 17.7 Å². The average molecular weight is 203 g/mol.